The Morgan fingerprint density at radius 2 is 1.67 bits per heavy atom. The zero-order valence-corrected chi connectivity index (χ0v) is 7.28. The number of carbonyl (C=O) groups excluding carboxylic acids is 2. The molecule has 0 N–H and O–H groups in total. The van der Waals surface area contributed by atoms with Gasteiger partial charge in [-0.3, -0.25) is 9.59 Å². The maximum atomic E-state index is 10.8. The zero-order valence-electron chi connectivity index (χ0n) is 5.69. The maximum absolute atomic E-state index is 10.8. The van der Waals surface area contributed by atoms with Gasteiger partial charge in [-0.2, -0.15) is 0 Å². The summed E-state index contributed by atoms with van der Waals surface area (Å²) >= 11 is 3.07. The van der Waals surface area contributed by atoms with Crippen molar-refractivity contribution >= 4 is 27.5 Å². The van der Waals surface area contributed by atoms with E-state index in [0.717, 1.165) is 0 Å². The number of Topliss-reactive ketones (excluding diaryl/α,β-unsaturated/α-hetero) is 2. The molecule has 0 rings (SSSR count). The molecule has 0 aromatic heterocycles. The largest absolute Gasteiger partial charge is 0.291 e. The van der Waals surface area contributed by atoms with Crippen molar-refractivity contribution in [2.45, 2.75) is 25.1 Å². The fraction of sp³-hybridized carbons (Fsp3) is 0.667. The van der Waals surface area contributed by atoms with E-state index in [4.69, 9.17) is 0 Å². The summed E-state index contributed by atoms with van der Waals surface area (Å²) in [5, 5.41) is 0. The molecule has 52 valence electrons. The summed E-state index contributed by atoms with van der Waals surface area (Å²) in [6.45, 7) is 4.57. The van der Waals surface area contributed by atoms with Crippen molar-refractivity contribution in [1.29, 1.82) is 0 Å². The van der Waals surface area contributed by atoms with E-state index in [-0.39, 0.29) is 5.78 Å². The molecule has 0 atom stereocenters. The maximum Gasteiger partial charge on any atom is 0.214 e. The average Bonchev–Trinajstić information content (AvgIpc) is 1.62. The smallest absolute Gasteiger partial charge is 0.214 e. The van der Waals surface area contributed by atoms with Crippen molar-refractivity contribution < 1.29 is 9.59 Å². The highest BCUT2D eigenvalue weighted by Crippen LogP contribution is 2.16. The van der Waals surface area contributed by atoms with Gasteiger partial charge in [0.25, 0.3) is 0 Å². The monoisotopic (exact) mass is 192 g/mol. The van der Waals surface area contributed by atoms with Crippen molar-refractivity contribution in [3.05, 3.63) is 0 Å². The van der Waals surface area contributed by atoms with Gasteiger partial charge in [0.2, 0.25) is 5.78 Å². The van der Waals surface area contributed by atoms with Crippen LogP contribution in [0, 0.1) is 0 Å². The molecular formula is C6H9BrO2. The molecule has 0 fully saturated rings. The Morgan fingerprint density at radius 1 is 1.33 bits per heavy atom. The third-order valence-electron chi connectivity index (χ3n) is 0.860. The van der Waals surface area contributed by atoms with Crippen molar-refractivity contribution in [2.75, 3.05) is 0 Å². The van der Waals surface area contributed by atoms with Crippen LogP contribution in [0.2, 0.25) is 0 Å². The van der Waals surface area contributed by atoms with Crippen LogP contribution in [0.5, 0.6) is 0 Å². The van der Waals surface area contributed by atoms with Gasteiger partial charge in [-0.15, -0.1) is 0 Å². The van der Waals surface area contributed by atoms with E-state index in [1.54, 1.807) is 13.8 Å². The van der Waals surface area contributed by atoms with Crippen LogP contribution < -0.4 is 0 Å². The highest BCUT2D eigenvalue weighted by Gasteiger charge is 2.26. The van der Waals surface area contributed by atoms with Crippen LogP contribution in [-0.2, 0) is 9.59 Å². The Balaban J connectivity index is 4.23. The van der Waals surface area contributed by atoms with Crippen LogP contribution in [0.25, 0.3) is 0 Å². The van der Waals surface area contributed by atoms with Gasteiger partial charge < -0.3 is 0 Å². The Kier molecular flexibility index (Phi) is 2.55. The number of halogens is 1. The average molecular weight is 193 g/mol. The van der Waals surface area contributed by atoms with Crippen LogP contribution in [-0.4, -0.2) is 15.9 Å². The minimum atomic E-state index is -0.696. The summed E-state index contributed by atoms with van der Waals surface area (Å²) in [5.74, 6) is -0.792. The van der Waals surface area contributed by atoms with E-state index in [2.05, 4.69) is 15.9 Å². The van der Waals surface area contributed by atoms with Gasteiger partial charge in [0.05, 0.1) is 4.32 Å². The van der Waals surface area contributed by atoms with Crippen molar-refractivity contribution in [3.63, 3.8) is 0 Å². The number of hydrogen-bond donors (Lipinski definition) is 0. The van der Waals surface area contributed by atoms with Crippen molar-refractivity contribution in [1.82, 2.24) is 0 Å². The third-order valence-corrected chi connectivity index (χ3v) is 1.22. The highest BCUT2D eigenvalue weighted by molar-refractivity contribution is 9.10. The molecule has 0 aromatic carbocycles. The lowest BCUT2D eigenvalue weighted by atomic mass is 10.1. The molecule has 0 spiro atoms. The van der Waals surface area contributed by atoms with E-state index in [1.807, 2.05) is 0 Å². The quantitative estimate of drug-likeness (QED) is 0.489. The molecule has 9 heavy (non-hydrogen) atoms. The van der Waals surface area contributed by atoms with Gasteiger partial charge in [-0.25, -0.2) is 0 Å². The second-order valence-corrected chi connectivity index (χ2v) is 4.34. The van der Waals surface area contributed by atoms with Gasteiger partial charge in [-0.05, 0) is 13.8 Å². The van der Waals surface area contributed by atoms with E-state index in [1.165, 1.54) is 6.92 Å². The van der Waals surface area contributed by atoms with Gasteiger partial charge in [0.1, 0.15) is 0 Å². The Bertz CT molecular complexity index is 144. The summed E-state index contributed by atoms with van der Waals surface area (Å²) in [6, 6.07) is 0. The molecular weight excluding hydrogens is 184 g/mol. The highest BCUT2D eigenvalue weighted by atomic mass is 79.9. The lowest BCUT2D eigenvalue weighted by Crippen LogP contribution is -2.29. The standard InChI is InChI=1S/C6H9BrO2/c1-4(8)5(9)6(2,3)7/h1-3H3. The predicted molar refractivity (Wildman–Crippen MR) is 38.7 cm³/mol. The van der Waals surface area contributed by atoms with Crippen LogP contribution in [0.1, 0.15) is 20.8 Å². The molecule has 0 heterocycles. The number of carbonyl (C=O) groups is 2. The van der Waals surface area contributed by atoms with Crippen molar-refractivity contribution in [3.8, 4) is 0 Å². The van der Waals surface area contributed by atoms with Crippen LogP contribution >= 0.6 is 15.9 Å². The lowest BCUT2D eigenvalue weighted by molar-refractivity contribution is -0.136. The summed E-state index contributed by atoms with van der Waals surface area (Å²) in [5.41, 5.74) is 0. The van der Waals surface area contributed by atoms with E-state index >= 15 is 0 Å². The summed E-state index contributed by atoms with van der Waals surface area (Å²) in [4.78, 5) is 21.2. The Labute approximate surface area is 62.8 Å². The SMILES string of the molecule is CC(=O)C(=O)C(C)(C)Br. The first-order valence-corrected chi connectivity index (χ1v) is 3.39. The number of rotatable bonds is 2. The van der Waals surface area contributed by atoms with Crippen molar-refractivity contribution in [2.24, 2.45) is 0 Å². The number of hydrogen-bond acceptors (Lipinski definition) is 2. The normalized spacial score (nSPS) is 11.1. The van der Waals surface area contributed by atoms with E-state index in [0.29, 0.717) is 0 Å². The molecule has 0 saturated heterocycles. The van der Waals surface area contributed by atoms with Gasteiger partial charge in [0.15, 0.2) is 5.78 Å². The Morgan fingerprint density at radius 3 is 1.67 bits per heavy atom. The Hall–Kier alpha value is -0.180. The molecule has 0 aromatic rings. The second kappa shape index (κ2) is 2.60. The first-order valence-electron chi connectivity index (χ1n) is 2.60. The molecule has 0 aliphatic rings. The number of alkyl halides is 1. The topological polar surface area (TPSA) is 34.1 Å². The summed E-state index contributed by atoms with van der Waals surface area (Å²) in [7, 11) is 0. The van der Waals surface area contributed by atoms with Gasteiger partial charge in [-0.1, -0.05) is 15.9 Å². The number of ketones is 2. The molecule has 0 saturated carbocycles. The molecule has 0 aliphatic carbocycles. The van der Waals surface area contributed by atoms with Crippen LogP contribution in [0.4, 0.5) is 0 Å². The molecule has 3 heteroatoms. The zero-order chi connectivity index (χ0) is 7.65. The third kappa shape index (κ3) is 2.75. The molecule has 0 aliphatic heterocycles. The van der Waals surface area contributed by atoms with Gasteiger partial charge >= 0.3 is 0 Å². The van der Waals surface area contributed by atoms with Crippen LogP contribution in [0.3, 0.4) is 0 Å². The fourth-order valence-electron chi connectivity index (χ4n) is 0.419. The lowest BCUT2D eigenvalue weighted by Gasteiger charge is -2.10. The first kappa shape index (κ1) is 8.82. The summed E-state index contributed by atoms with van der Waals surface area (Å²) in [6.07, 6.45) is 0. The molecule has 0 bridgehead atoms. The molecule has 2 nitrogen and oxygen atoms in total. The fourth-order valence-corrected chi connectivity index (χ4v) is 0.698. The summed E-state index contributed by atoms with van der Waals surface area (Å²) < 4.78 is -0.696. The van der Waals surface area contributed by atoms with Crippen LogP contribution in [0.15, 0.2) is 0 Å². The minimum absolute atomic E-state index is 0.387. The van der Waals surface area contributed by atoms with E-state index in [9.17, 15) is 9.59 Å². The molecule has 0 unspecified atom stereocenters. The second-order valence-electron chi connectivity index (χ2n) is 2.36. The van der Waals surface area contributed by atoms with Gasteiger partial charge in [0, 0.05) is 6.92 Å². The minimum Gasteiger partial charge on any atom is -0.291 e. The molecule has 0 amide bonds. The molecule has 0 radical (unpaired) electrons. The van der Waals surface area contributed by atoms with E-state index < -0.39 is 10.1 Å². The predicted octanol–water partition coefficient (Wildman–Crippen LogP) is 1.32. The first-order chi connectivity index (χ1) is 3.85.